The minimum absolute atomic E-state index is 0.0644. The van der Waals surface area contributed by atoms with Crippen molar-refractivity contribution in [1.82, 2.24) is 15.5 Å². The number of amides is 1. The second-order valence-electron chi connectivity index (χ2n) is 6.40. The first-order valence-corrected chi connectivity index (χ1v) is 8.12. The second kappa shape index (κ2) is 7.00. The maximum Gasteiger partial charge on any atom is 0.262 e. The summed E-state index contributed by atoms with van der Waals surface area (Å²) in [6.07, 6.45) is 0.809. The number of nitrogens with zero attached hydrogens (tertiary/aromatic N) is 2. The number of aromatic nitrogens is 2. The first-order valence-electron chi connectivity index (χ1n) is 8.12. The van der Waals surface area contributed by atoms with Crippen molar-refractivity contribution in [3.63, 3.8) is 0 Å². The number of nitrogens with one attached hydrogen (secondary N) is 2. The van der Waals surface area contributed by atoms with Gasteiger partial charge in [-0.2, -0.15) is 4.98 Å². The normalized spacial score (nSPS) is 14.9. The van der Waals surface area contributed by atoms with Gasteiger partial charge >= 0.3 is 0 Å². The second-order valence-corrected chi connectivity index (χ2v) is 6.40. The molecular formula is C17H22N4O3. The first kappa shape index (κ1) is 16.4. The zero-order chi connectivity index (χ0) is 17.1. The van der Waals surface area contributed by atoms with Crippen LogP contribution < -0.4 is 15.4 Å². The number of hydrogen-bond donors (Lipinski definition) is 2. The monoisotopic (exact) mass is 330 g/mol. The summed E-state index contributed by atoms with van der Waals surface area (Å²) in [6.45, 7) is 6.84. The molecule has 1 aliphatic heterocycles. The molecule has 3 rings (SSSR count). The fourth-order valence-corrected chi connectivity index (χ4v) is 2.54. The highest BCUT2D eigenvalue weighted by atomic mass is 16.5. The molecule has 0 radical (unpaired) electrons. The minimum atomic E-state index is -0.135. The molecule has 1 atom stereocenters. The molecular weight excluding hydrogens is 308 g/mol. The maximum absolute atomic E-state index is 11.4. The van der Waals surface area contributed by atoms with Gasteiger partial charge in [-0.1, -0.05) is 25.1 Å². The lowest BCUT2D eigenvalue weighted by Gasteiger charge is -2.20. The van der Waals surface area contributed by atoms with E-state index in [1.54, 1.807) is 0 Å². The number of rotatable bonds is 6. The Balaban J connectivity index is 1.61. The molecule has 0 fully saturated rings. The van der Waals surface area contributed by atoms with E-state index in [4.69, 9.17) is 9.26 Å². The molecule has 1 aromatic carbocycles. The largest absolute Gasteiger partial charge is 0.482 e. The Morgan fingerprint density at radius 1 is 1.33 bits per heavy atom. The SMILES string of the molecule is CC(C)Cc1noc(CNC(C)c2ccc3c(c2)NC(=O)CO3)n1. The van der Waals surface area contributed by atoms with Gasteiger partial charge in [-0.05, 0) is 30.5 Å². The van der Waals surface area contributed by atoms with Crippen molar-refractivity contribution in [1.29, 1.82) is 0 Å². The van der Waals surface area contributed by atoms with Crippen LogP contribution in [-0.2, 0) is 17.8 Å². The average Bonchev–Trinajstić information content (AvgIpc) is 2.98. The summed E-state index contributed by atoms with van der Waals surface area (Å²) in [4.78, 5) is 15.8. The van der Waals surface area contributed by atoms with Gasteiger partial charge in [0.2, 0.25) is 5.89 Å². The zero-order valence-electron chi connectivity index (χ0n) is 14.1. The Hall–Kier alpha value is -2.41. The predicted octanol–water partition coefficient (Wildman–Crippen LogP) is 2.45. The molecule has 2 heterocycles. The van der Waals surface area contributed by atoms with Crippen LogP contribution in [0.15, 0.2) is 22.7 Å². The zero-order valence-corrected chi connectivity index (χ0v) is 14.1. The predicted molar refractivity (Wildman–Crippen MR) is 88.7 cm³/mol. The van der Waals surface area contributed by atoms with Crippen LogP contribution in [0.2, 0.25) is 0 Å². The summed E-state index contributed by atoms with van der Waals surface area (Å²) >= 11 is 0. The van der Waals surface area contributed by atoms with E-state index in [0.29, 0.717) is 29.8 Å². The van der Waals surface area contributed by atoms with Crippen LogP contribution in [-0.4, -0.2) is 22.7 Å². The number of carbonyl (C=O) groups is 1. The van der Waals surface area contributed by atoms with Crippen molar-refractivity contribution in [3.8, 4) is 5.75 Å². The van der Waals surface area contributed by atoms with Gasteiger partial charge in [0.15, 0.2) is 12.4 Å². The quantitative estimate of drug-likeness (QED) is 0.846. The molecule has 2 N–H and O–H groups in total. The molecule has 0 saturated heterocycles. The van der Waals surface area contributed by atoms with Crippen LogP contribution >= 0.6 is 0 Å². The average molecular weight is 330 g/mol. The number of benzene rings is 1. The third kappa shape index (κ3) is 3.91. The molecule has 0 saturated carbocycles. The van der Waals surface area contributed by atoms with Gasteiger partial charge in [-0.3, -0.25) is 4.79 Å². The molecule has 128 valence electrons. The van der Waals surface area contributed by atoms with Gasteiger partial charge < -0.3 is 19.9 Å². The van der Waals surface area contributed by atoms with E-state index in [-0.39, 0.29) is 18.6 Å². The van der Waals surface area contributed by atoms with Gasteiger partial charge in [0.25, 0.3) is 5.91 Å². The van der Waals surface area contributed by atoms with Gasteiger partial charge in [0.05, 0.1) is 12.2 Å². The van der Waals surface area contributed by atoms with Crippen LogP contribution in [0.3, 0.4) is 0 Å². The third-order valence-corrected chi connectivity index (χ3v) is 3.80. The van der Waals surface area contributed by atoms with Crippen molar-refractivity contribution in [2.45, 2.75) is 39.8 Å². The van der Waals surface area contributed by atoms with Gasteiger partial charge in [-0.25, -0.2) is 0 Å². The van der Waals surface area contributed by atoms with E-state index < -0.39 is 0 Å². The number of hydrogen-bond acceptors (Lipinski definition) is 6. The summed E-state index contributed by atoms with van der Waals surface area (Å²) < 4.78 is 10.6. The first-order chi connectivity index (χ1) is 11.5. The van der Waals surface area contributed by atoms with Crippen molar-refractivity contribution in [2.75, 3.05) is 11.9 Å². The molecule has 0 aliphatic carbocycles. The molecule has 24 heavy (non-hydrogen) atoms. The molecule has 7 nitrogen and oxygen atoms in total. The van der Waals surface area contributed by atoms with Crippen LogP contribution in [0.4, 0.5) is 5.69 Å². The Kier molecular flexibility index (Phi) is 4.80. The Bertz CT molecular complexity index is 726. The minimum Gasteiger partial charge on any atom is -0.482 e. The summed E-state index contributed by atoms with van der Waals surface area (Å²) in [5.74, 6) is 2.37. The summed E-state index contributed by atoms with van der Waals surface area (Å²) in [6, 6.07) is 5.83. The van der Waals surface area contributed by atoms with Crippen LogP contribution in [0.25, 0.3) is 0 Å². The molecule has 1 aliphatic rings. The number of carbonyl (C=O) groups excluding carboxylic acids is 1. The highest BCUT2D eigenvalue weighted by Crippen LogP contribution is 2.30. The Morgan fingerprint density at radius 2 is 2.17 bits per heavy atom. The smallest absolute Gasteiger partial charge is 0.262 e. The molecule has 0 spiro atoms. The lowest BCUT2D eigenvalue weighted by Crippen LogP contribution is -2.26. The van der Waals surface area contributed by atoms with Crippen molar-refractivity contribution in [2.24, 2.45) is 5.92 Å². The van der Waals surface area contributed by atoms with Gasteiger partial charge in [0, 0.05) is 12.5 Å². The van der Waals surface area contributed by atoms with Crippen LogP contribution in [0, 0.1) is 5.92 Å². The molecule has 7 heteroatoms. The molecule has 1 amide bonds. The standard InChI is InChI=1S/C17H22N4O3/c1-10(2)6-15-20-17(24-21-15)8-18-11(3)12-4-5-14-13(7-12)19-16(22)9-23-14/h4-5,7,10-11,18H,6,8-9H2,1-3H3,(H,19,22). The molecule has 2 aromatic rings. The van der Waals surface area contributed by atoms with E-state index in [9.17, 15) is 4.79 Å². The number of fused-ring (bicyclic) bond motifs is 1. The van der Waals surface area contributed by atoms with Crippen molar-refractivity contribution in [3.05, 3.63) is 35.5 Å². The summed E-state index contributed by atoms with van der Waals surface area (Å²) in [5.41, 5.74) is 1.75. The lowest BCUT2D eigenvalue weighted by molar-refractivity contribution is -0.118. The van der Waals surface area contributed by atoms with E-state index in [2.05, 4.69) is 34.6 Å². The highest BCUT2D eigenvalue weighted by molar-refractivity contribution is 5.95. The summed E-state index contributed by atoms with van der Waals surface area (Å²) in [7, 11) is 0. The van der Waals surface area contributed by atoms with Crippen LogP contribution in [0.1, 0.15) is 44.1 Å². The number of anilines is 1. The van der Waals surface area contributed by atoms with Crippen molar-refractivity contribution >= 4 is 11.6 Å². The number of ether oxygens (including phenoxy) is 1. The fraction of sp³-hybridized carbons (Fsp3) is 0.471. The topological polar surface area (TPSA) is 89.3 Å². The molecule has 1 aromatic heterocycles. The fourth-order valence-electron chi connectivity index (χ4n) is 2.54. The Morgan fingerprint density at radius 3 is 2.96 bits per heavy atom. The van der Waals surface area contributed by atoms with E-state index >= 15 is 0 Å². The third-order valence-electron chi connectivity index (χ3n) is 3.80. The van der Waals surface area contributed by atoms with E-state index in [0.717, 1.165) is 17.8 Å². The van der Waals surface area contributed by atoms with Crippen LogP contribution in [0.5, 0.6) is 5.75 Å². The molecule has 0 bridgehead atoms. The highest BCUT2D eigenvalue weighted by Gasteiger charge is 2.17. The lowest BCUT2D eigenvalue weighted by atomic mass is 10.1. The maximum atomic E-state index is 11.4. The van der Waals surface area contributed by atoms with E-state index in [1.807, 2.05) is 25.1 Å². The summed E-state index contributed by atoms with van der Waals surface area (Å²) in [5, 5.41) is 10.2. The molecule has 1 unspecified atom stereocenters. The Labute approximate surface area is 140 Å². The van der Waals surface area contributed by atoms with Gasteiger partial charge in [0.1, 0.15) is 5.75 Å². The van der Waals surface area contributed by atoms with Gasteiger partial charge in [-0.15, -0.1) is 0 Å². The van der Waals surface area contributed by atoms with Crippen molar-refractivity contribution < 1.29 is 14.1 Å². The van der Waals surface area contributed by atoms with E-state index in [1.165, 1.54) is 0 Å².